The van der Waals surface area contributed by atoms with Crippen molar-refractivity contribution in [3.8, 4) is 0 Å². The van der Waals surface area contributed by atoms with Gasteiger partial charge in [0.25, 0.3) is 11.5 Å². The summed E-state index contributed by atoms with van der Waals surface area (Å²) in [6.45, 7) is 1.90. The number of hydrogen-bond donors (Lipinski definition) is 3. The summed E-state index contributed by atoms with van der Waals surface area (Å²) in [6, 6.07) is 5.45. The second-order valence-corrected chi connectivity index (χ2v) is 5.25. The van der Waals surface area contributed by atoms with Crippen LogP contribution in [0.4, 0.5) is 15.9 Å². The maximum atomic E-state index is 13.5. The van der Waals surface area contributed by atoms with Gasteiger partial charge in [0.2, 0.25) is 0 Å². The molecular weight excluding hydrogens is 295 g/mol. The minimum Gasteiger partial charge on any atom is -0.382 e. The van der Waals surface area contributed by atoms with Crippen molar-refractivity contribution < 1.29 is 9.18 Å². The number of carbonyl (C=O) groups excluding carboxylic acids is 1. The number of aromatic nitrogens is 2. The van der Waals surface area contributed by atoms with Crippen LogP contribution in [-0.4, -0.2) is 21.6 Å². The molecule has 2 rings (SSSR count). The third kappa shape index (κ3) is 3.40. The molecule has 1 aromatic heterocycles. The van der Waals surface area contributed by atoms with Gasteiger partial charge in [-0.1, -0.05) is 30.8 Å². The first-order chi connectivity index (χ1) is 10.0. The Morgan fingerprint density at radius 2 is 2.19 bits per heavy atom. The van der Waals surface area contributed by atoms with Crippen LogP contribution >= 0.6 is 11.8 Å². The van der Waals surface area contributed by atoms with E-state index in [0.29, 0.717) is 10.9 Å². The van der Waals surface area contributed by atoms with Crippen molar-refractivity contribution >= 4 is 29.2 Å². The molecule has 0 unspecified atom stereocenters. The molecule has 0 atom stereocenters. The van der Waals surface area contributed by atoms with E-state index in [1.807, 2.05) is 6.92 Å². The van der Waals surface area contributed by atoms with Crippen molar-refractivity contribution in [2.24, 2.45) is 0 Å². The lowest BCUT2D eigenvalue weighted by Crippen LogP contribution is -2.23. The summed E-state index contributed by atoms with van der Waals surface area (Å²) in [5.74, 6) is -0.845. The standard InChI is InChI=1S/C13H13FN4O2S/c1-2-21-13-17-10(15)9(12(20)18-13)16-11(19)7-5-3-4-6-8(7)14/h3-6H,2H2,1H3,(H,16,19)(H3,15,17,18,20). The highest BCUT2D eigenvalue weighted by Gasteiger charge is 2.16. The molecule has 110 valence electrons. The lowest BCUT2D eigenvalue weighted by Gasteiger charge is -2.08. The summed E-state index contributed by atoms with van der Waals surface area (Å²) < 4.78 is 13.5. The van der Waals surface area contributed by atoms with Gasteiger partial charge in [-0.15, -0.1) is 0 Å². The van der Waals surface area contributed by atoms with E-state index in [9.17, 15) is 14.0 Å². The summed E-state index contributed by atoms with van der Waals surface area (Å²) in [5, 5.41) is 2.65. The minimum absolute atomic E-state index is 0.112. The zero-order valence-electron chi connectivity index (χ0n) is 11.1. The normalized spacial score (nSPS) is 10.4. The molecule has 21 heavy (non-hydrogen) atoms. The van der Waals surface area contributed by atoms with Gasteiger partial charge in [-0.25, -0.2) is 9.37 Å². The van der Waals surface area contributed by atoms with Gasteiger partial charge in [-0.2, -0.15) is 0 Å². The number of aromatic amines is 1. The topological polar surface area (TPSA) is 101 Å². The predicted octanol–water partition coefficient (Wildman–Crippen LogP) is 1.86. The Labute approximate surface area is 124 Å². The smallest absolute Gasteiger partial charge is 0.277 e. The van der Waals surface area contributed by atoms with Crippen LogP contribution < -0.4 is 16.6 Å². The highest BCUT2D eigenvalue weighted by Crippen LogP contribution is 2.17. The summed E-state index contributed by atoms with van der Waals surface area (Å²) >= 11 is 1.31. The Balaban J connectivity index is 2.30. The number of rotatable bonds is 4. The second-order valence-electron chi connectivity index (χ2n) is 4.00. The summed E-state index contributed by atoms with van der Waals surface area (Å²) in [6.07, 6.45) is 0. The highest BCUT2D eigenvalue weighted by molar-refractivity contribution is 7.99. The van der Waals surface area contributed by atoms with E-state index < -0.39 is 17.3 Å². The van der Waals surface area contributed by atoms with Gasteiger partial charge >= 0.3 is 0 Å². The van der Waals surface area contributed by atoms with Crippen molar-refractivity contribution in [3.05, 3.63) is 46.0 Å². The van der Waals surface area contributed by atoms with Gasteiger partial charge in [0, 0.05) is 0 Å². The van der Waals surface area contributed by atoms with Gasteiger partial charge in [0.15, 0.2) is 11.0 Å². The van der Waals surface area contributed by atoms with Crippen molar-refractivity contribution in [2.75, 3.05) is 16.8 Å². The first-order valence-corrected chi connectivity index (χ1v) is 7.10. The first kappa shape index (κ1) is 15.0. The third-order valence-electron chi connectivity index (χ3n) is 2.56. The fourth-order valence-corrected chi connectivity index (χ4v) is 2.22. The maximum absolute atomic E-state index is 13.5. The van der Waals surface area contributed by atoms with Crippen LogP contribution in [-0.2, 0) is 0 Å². The zero-order chi connectivity index (χ0) is 15.4. The summed E-state index contributed by atoms with van der Waals surface area (Å²) in [5.41, 5.74) is 4.72. The van der Waals surface area contributed by atoms with E-state index in [1.54, 1.807) is 0 Å². The molecule has 0 saturated heterocycles. The van der Waals surface area contributed by atoms with E-state index >= 15 is 0 Å². The molecule has 1 aromatic carbocycles. The van der Waals surface area contributed by atoms with Crippen LogP contribution in [0.3, 0.4) is 0 Å². The number of benzene rings is 1. The molecule has 0 aliphatic carbocycles. The van der Waals surface area contributed by atoms with Crippen LogP contribution in [0.5, 0.6) is 0 Å². The summed E-state index contributed by atoms with van der Waals surface area (Å²) in [7, 11) is 0. The predicted molar refractivity (Wildman–Crippen MR) is 80.0 cm³/mol. The molecule has 0 aliphatic rings. The second kappa shape index (κ2) is 6.40. The number of halogens is 1. The Bertz CT molecular complexity index is 732. The van der Waals surface area contributed by atoms with Crippen LogP contribution in [0.2, 0.25) is 0 Å². The molecule has 0 bridgehead atoms. The number of carbonyl (C=O) groups is 1. The molecule has 4 N–H and O–H groups in total. The van der Waals surface area contributed by atoms with Gasteiger partial charge in [-0.05, 0) is 17.9 Å². The first-order valence-electron chi connectivity index (χ1n) is 6.11. The molecule has 8 heteroatoms. The van der Waals surface area contributed by atoms with E-state index in [0.717, 1.165) is 6.07 Å². The van der Waals surface area contributed by atoms with Gasteiger partial charge in [0.1, 0.15) is 11.5 Å². The molecule has 0 radical (unpaired) electrons. The lowest BCUT2D eigenvalue weighted by atomic mass is 10.2. The number of thioether (sulfide) groups is 1. The third-order valence-corrected chi connectivity index (χ3v) is 3.32. The Morgan fingerprint density at radius 1 is 1.48 bits per heavy atom. The van der Waals surface area contributed by atoms with Gasteiger partial charge in [-0.3, -0.25) is 14.6 Å². The quantitative estimate of drug-likeness (QED) is 0.591. The maximum Gasteiger partial charge on any atom is 0.277 e. The van der Waals surface area contributed by atoms with Gasteiger partial charge < -0.3 is 11.1 Å². The minimum atomic E-state index is -0.761. The largest absolute Gasteiger partial charge is 0.382 e. The Morgan fingerprint density at radius 3 is 2.81 bits per heavy atom. The Hall–Kier alpha value is -2.35. The fourth-order valence-electron chi connectivity index (χ4n) is 1.62. The molecule has 6 nitrogen and oxygen atoms in total. The molecule has 0 spiro atoms. The van der Waals surface area contributed by atoms with Crippen LogP contribution in [0.15, 0.2) is 34.2 Å². The van der Waals surface area contributed by atoms with E-state index in [2.05, 4.69) is 15.3 Å². The number of nitrogens with one attached hydrogen (secondary N) is 2. The lowest BCUT2D eigenvalue weighted by molar-refractivity contribution is 0.102. The number of nitrogens with two attached hydrogens (primary N) is 1. The molecular formula is C13H13FN4O2S. The average molecular weight is 308 g/mol. The zero-order valence-corrected chi connectivity index (χ0v) is 12.0. The number of H-pyrrole nitrogens is 1. The molecule has 0 saturated carbocycles. The van der Waals surface area contributed by atoms with Crippen LogP contribution in [0.1, 0.15) is 17.3 Å². The average Bonchev–Trinajstić information content (AvgIpc) is 2.43. The molecule has 1 heterocycles. The summed E-state index contributed by atoms with van der Waals surface area (Å²) in [4.78, 5) is 30.3. The molecule has 1 amide bonds. The van der Waals surface area contributed by atoms with Crippen molar-refractivity contribution in [1.29, 1.82) is 0 Å². The SMILES string of the molecule is CCSc1nc(N)c(NC(=O)c2ccccc2F)c(=O)[nH]1. The van der Waals surface area contributed by atoms with E-state index in [1.165, 1.54) is 30.0 Å². The Kier molecular flexibility index (Phi) is 4.59. The van der Waals surface area contributed by atoms with Gasteiger partial charge in [0.05, 0.1) is 5.56 Å². The molecule has 2 aromatic rings. The van der Waals surface area contributed by atoms with Crippen LogP contribution in [0.25, 0.3) is 0 Å². The monoisotopic (exact) mass is 308 g/mol. The highest BCUT2D eigenvalue weighted by atomic mass is 32.2. The molecule has 0 fully saturated rings. The number of anilines is 2. The van der Waals surface area contributed by atoms with E-state index in [4.69, 9.17) is 5.73 Å². The number of nitrogens with zero attached hydrogens (tertiary/aromatic N) is 1. The number of hydrogen-bond acceptors (Lipinski definition) is 5. The number of amides is 1. The molecule has 0 aliphatic heterocycles. The van der Waals surface area contributed by atoms with Crippen LogP contribution in [0, 0.1) is 5.82 Å². The van der Waals surface area contributed by atoms with Crippen molar-refractivity contribution in [1.82, 2.24) is 9.97 Å². The fraction of sp³-hybridized carbons (Fsp3) is 0.154. The van der Waals surface area contributed by atoms with Crippen molar-refractivity contribution in [2.45, 2.75) is 12.1 Å². The van der Waals surface area contributed by atoms with E-state index in [-0.39, 0.29) is 17.1 Å². The van der Waals surface area contributed by atoms with Crippen molar-refractivity contribution in [3.63, 3.8) is 0 Å². The number of nitrogen functional groups attached to an aromatic ring is 1.